The van der Waals surface area contributed by atoms with Crippen LogP contribution in [0.2, 0.25) is 0 Å². The molecule has 122 valence electrons. The van der Waals surface area contributed by atoms with Gasteiger partial charge in [0.15, 0.2) is 0 Å². The predicted octanol–water partition coefficient (Wildman–Crippen LogP) is 5.34. The maximum atomic E-state index is 11.8. The van der Waals surface area contributed by atoms with Gasteiger partial charge in [0.1, 0.15) is 12.4 Å². The van der Waals surface area contributed by atoms with Crippen molar-refractivity contribution in [3.05, 3.63) is 58.7 Å². The van der Waals surface area contributed by atoms with Crippen molar-refractivity contribution < 1.29 is 9.53 Å². The minimum Gasteiger partial charge on any atom is -0.489 e. The highest BCUT2D eigenvalue weighted by molar-refractivity contribution is 8.13. The number of carbonyl (C=O) groups is 1. The second-order valence-electron chi connectivity index (χ2n) is 5.48. The number of amides is 1. The van der Waals surface area contributed by atoms with E-state index in [1.54, 1.807) is 6.26 Å². The average molecular weight is 329 g/mol. The number of carbonyl (C=O) groups excluding carboxylic acids is 1. The highest BCUT2D eigenvalue weighted by Gasteiger charge is 2.11. The smallest absolute Gasteiger partial charge is 0.283 e. The van der Waals surface area contributed by atoms with Gasteiger partial charge in [-0.05, 0) is 43.7 Å². The van der Waals surface area contributed by atoms with E-state index in [1.807, 2.05) is 37.3 Å². The summed E-state index contributed by atoms with van der Waals surface area (Å²) in [6.07, 6.45) is 2.64. The van der Waals surface area contributed by atoms with E-state index in [2.05, 4.69) is 25.2 Å². The number of hydrogen-bond acceptors (Lipinski definition) is 3. The SMILES string of the molecule is CCc1cccc(COc2ccc(C)cc2C)c1NC(=O)SC. The fourth-order valence-electron chi connectivity index (χ4n) is 2.50. The van der Waals surface area contributed by atoms with E-state index in [-0.39, 0.29) is 5.24 Å². The van der Waals surface area contributed by atoms with Crippen LogP contribution in [0.5, 0.6) is 5.75 Å². The molecule has 23 heavy (non-hydrogen) atoms. The van der Waals surface area contributed by atoms with Crippen LogP contribution < -0.4 is 10.1 Å². The van der Waals surface area contributed by atoms with Crippen molar-refractivity contribution in [3.8, 4) is 5.75 Å². The van der Waals surface area contributed by atoms with Crippen LogP contribution in [0.15, 0.2) is 36.4 Å². The lowest BCUT2D eigenvalue weighted by atomic mass is 10.1. The first-order valence-electron chi connectivity index (χ1n) is 7.71. The van der Waals surface area contributed by atoms with Crippen molar-refractivity contribution in [2.24, 2.45) is 0 Å². The van der Waals surface area contributed by atoms with Gasteiger partial charge in [-0.15, -0.1) is 0 Å². The topological polar surface area (TPSA) is 38.3 Å². The molecule has 3 nitrogen and oxygen atoms in total. The van der Waals surface area contributed by atoms with Crippen LogP contribution in [0.3, 0.4) is 0 Å². The van der Waals surface area contributed by atoms with Crippen LogP contribution >= 0.6 is 11.8 Å². The zero-order chi connectivity index (χ0) is 16.8. The standard InChI is InChI=1S/C19H23NO2S/c1-5-15-7-6-8-16(18(15)20-19(21)23-4)12-22-17-10-9-13(2)11-14(17)3/h6-11H,5,12H2,1-4H3,(H,20,21). The fraction of sp³-hybridized carbons (Fsp3) is 0.316. The molecule has 0 aliphatic rings. The first-order valence-corrected chi connectivity index (χ1v) is 8.93. The Kier molecular flexibility index (Phi) is 6.11. The van der Waals surface area contributed by atoms with E-state index in [9.17, 15) is 4.79 Å². The third-order valence-corrected chi connectivity index (χ3v) is 4.22. The average Bonchev–Trinajstić information content (AvgIpc) is 2.54. The summed E-state index contributed by atoms with van der Waals surface area (Å²) in [6, 6.07) is 12.2. The molecular weight excluding hydrogens is 306 g/mol. The Morgan fingerprint density at radius 1 is 1.17 bits per heavy atom. The zero-order valence-electron chi connectivity index (χ0n) is 14.1. The number of benzene rings is 2. The Hall–Kier alpha value is -1.94. The van der Waals surface area contributed by atoms with Crippen molar-refractivity contribution in [1.29, 1.82) is 0 Å². The first kappa shape index (κ1) is 17.4. The number of thioether (sulfide) groups is 1. The molecule has 0 aromatic heterocycles. The number of ether oxygens (including phenoxy) is 1. The zero-order valence-corrected chi connectivity index (χ0v) is 14.9. The Labute approximate surface area is 142 Å². The number of anilines is 1. The quantitative estimate of drug-likeness (QED) is 0.804. The lowest BCUT2D eigenvalue weighted by Gasteiger charge is -2.16. The van der Waals surface area contributed by atoms with Crippen molar-refractivity contribution in [3.63, 3.8) is 0 Å². The molecule has 0 saturated heterocycles. The van der Waals surface area contributed by atoms with Crippen LogP contribution in [0.1, 0.15) is 29.2 Å². The lowest BCUT2D eigenvalue weighted by Crippen LogP contribution is -2.10. The highest BCUT2D eigenvalue weighted by Crippen LogP contribution is 2.26. The minimum atomic E-state index is -0.0568. The van der Waals surface area contributed by atoms with Crippen LogP contribution in [-0.4, -0.2) is 11.5 Å². The molecule has 0 bridgehead atoms. The molecule has 2 aromatic rings. The molecule has 0 saturated carbocycles. The van der Waals surface area contributed by atoms with Crippen molar-refractivity contribution in [2.75, 3.05) is 11.6 Å². The summed E-state index contributed by atoms with van der Waals surface area (Å²) in [4.78, 5) is 11.8. The molecule has 0 radical (unpaired) electrons. The molecule has 0 atom stereocenters. The van der Waals surface area contributed by atoms with Gasteiger partial charge in [0.05, 0.1) is 5.69 Å². The monoisotopic (exact) mass is 329 g/mol. The molecule has 0 spiro atoms. The molecule has 2 aromatic carbocycles. The minimum absolute atomic E-state index is 0.0568. The number of nitrogens with one attached hydrogen (secondary N) is 1. The molecule has 4 heteroatoms. The molecule has 2 rings (SSSR count). The normalized spacial score (nSPS) is 10.4. The highest BCUT2D eigenvalue weighted by atomic mass is 32.2. The third kappa shape index (κ3) is 4.52. The van der Waals surface area contributed by atoms with Gasteiger partial charge in [-0.3, -0.25) is 4.79 Å². The Morgan fingerprint density at radius 2 is 1.91 bits per heavy atom. The molecule has 0 unspecified atom stereocenters. The number of rotatable bonds is 5. The Morgan fingerprint density at radius 3 is 2.57 bits per heavy atom. The van der Waals surface area contributed by atoms with E-state index in [0.29, 0.717) is 6.61 Å². The van der Waals surface area contributed by atoms with Crippen molar-refractivity contribution in [2.45, 2.75) is 33.8 Å². The van der Waals surface area contributed by atoms with Gasteiger partial charge >= 0.3 is 0 Å². The van der Waals surface area contributed by atoms with Gasteiger partial charge in [0.25, 0.3) is 5.24 Å². The summed E-state index contributed by atoms with van der Waals surface area (Å²) < 4.78 is 5.98. The summed E-state index contributed by atoms with van der Waals surface area (Å²) in [5, 5.41) is 2.93. The number of aryl methyl sites for hydroxylation is 3. The van der Waals surface area contributed by atoms with Gasteiger partial charge in [-0.25, -0.2) is 0 Å². The molecule has 0 heterocycles. The van der Waals surface area contributed by atoms with E-state index < -0.39 is 0 Å². The van der Waals surface area contributed by atoms with Crippen LogP contribution in [0, 0.1) is 13.8 Å². The summed E-state index contributed by atoms with van der Waals surface area (Å²) in [5.41, 5.74) is 5.32. The van der Waals surface area contributed by atoms with Crippen LogP contribution in [-0.2, 0) is 13.0 Å². The van der Waals surface area contributed by atoms with Gasteiger partial charge in [-0.2, -0.15) is 0 Å². The molecule has 1 N–H and O–H groups in total. The van der Waals surface area contributed by atoms with Gasteiger partial charge < -0.3 is 10.1 Å². The second kappa shape index (κ2) is 8.06. The maximum Gasteiger partial charge on any atom is 0.283 e. The summed E-state index contributed by atoms with van der Waals surface area (Å²) in [7, 11) is 0. The maximum absolute atomic E-state index is 11.8. The van der Waals surface area contributed by atoms with Crippen molar-refractivity contribution in [1.82, 2.24) is 0 Å². The Balaban J connectivity index is 2.23. The van der Waals surface area contributed by atoms with E-state index in [4.69, 9.17) is 4.74 Å². The number of para-hydroxylation sites is 1. The largest absolute Gasteiger partial charge is 0.489 e. The Bertz CT molecular complexity index is 698. The lowest BCUT2D eigenvalue weighted by molar-refractivity contribution is 0.269. The van der Waals surface area contributed by atoms with Gasteiger partial charge in [0, 0.05) is 5.56 Å². The van der Waals surface area contributed by atoms with Crippen molar-refractivity contribution >= 4 is 22.7 Å². The molecule has 1 amide bonds. The summed E-state index contributed by atoms with van der Waals surface area (Å²) in [5.74, 6) is 0.875. The van der Waals surface area contributed by atoms with Gasteiger partial charge in [0.2, 0.25) is 0 Å². The van der Waals surface area contributed by atoms with Crippen LogP contribution in [0.4, 0.5) is 10.5 Å². The molecule has 0 aliphatic carbocycles. The van der Waals surface area contributed by atoms with Crippen LogP contribution in [0.25, 0.3) is 0 Å². The first-order chi connectivity index (χ1) is 11.0. The van der Waals surface area contributed by atoms with E-state index in [0.717, 1.165) is 34.5 Å². The summed E-state index contributed by atoms with van der Waals surface area (Å²) in [6.45, 7) is 6.62. The molecule has 0 fully saturated rings. The van der Waals surface area contributed by atoms with E-state index in [1.165, 1.54) is 17.3 Å². The van der Waals surface area contributed by atoms with Gasteiger partial charge in [-0.1, -0.05) is 54.6 Å². The molecular formula is C19H23NO2S. The predicted molar refractivity (Wildman–Crippen MR) is 98.6 cm³/mol. The van der Waals surface area contributed by atoms with E-state index >= 15 is 0 Å². The third-order valence-electron chi connectivity index (χ3n) is 3.74. The number of hydrogen-bond donors (Lipinski definition) is 1. The second-order valence-corrected chi connectivity index (χ2v) is 6.26. The molecule has 0 aliphatic heterocycles. The summed E-state index contributed by atoms with van der Waals surface area (Å²) >= 11 is 1.18. The fourth-order valence-corrected chi connectivity index (χ4v) is 2.70.